The van der Waals surface area contributed by atoms with Gasteiger partial charge in [-0.2, -0.15) is 0 Å². The van der Waals surface area contributed by atoms with Gasteiger partial charge in [0.05, 0.1) is 5.69 Å². The summed E-state index contributed by atoms with van der Waals surface area (Å²) in [6, 6.07) is 62.5. The molecule has 0 bridgehead atoms. The molecule has 0 aliphatic heterocycles. The number of nitrogens with zero attached hydrogens (tertiary/aromatic N) is 1. The van der Waals surface area contributed by atoms with Crippen LogP contribution in [0.4, 0.5) is 17.1 Å². The van der Waals surface area contributed by atoms with Crippen LogP contribution in [-0.2, 0) is 0 Å². The quantitative estimate of drug-likeness (QED) is 0.170. The first-order valence-electron chi connectivity index (χ1n) is 19.6. The van der Waals surface area contributed by atoms with E-state index in [1.165, 1.54) is 90.9 Å². The van der Waals surface area contributed by atoms with E-state index in [9.17, 15) is 0 Å². The number of para-hydroxylation sites is 2. The van der Waals surface area contributed by atoms with Crippen molar-refractivity contribution in [3.05, 3.63) is 175 Å². The third kappa shape index (κ3) is 5.45. The molecule has 0 radical (unpaired) electrons. The summed E-state index contributed by atoms with van der Waals surface area (Å²) >= 11 is 1.88. The highest BCUT2D eigenvalue weighted by Gasteiger charge is 2.24. The maximum absolute atomic E-state index is 6.52. The predicted octanol–water partition coefficient (Wildman–Crippen LogP) is 16.0. The van der Waals surface area contributed by atoms with E-state index >= 15 is 0 Å². The van der Waals surface area contributed by atoms with Gasteiger partial charge >= 0.3 is 0 Å². The average Bonchev–Trinajstić information content (AvgIpc) is 3.82. The molecule has 2 nitrogen and oxygen atoms in total. The van der Waals surface area contributed by atoms with Crippen molar-refractivity contribution in [1.29, 1.82) is 0 Å². The van der Waals surface area contributed by atoms with Crippen LogP contribution in [0.15, 0.2) is 174 Å². The molecule has 1 aliphatic carbocycles. The van der Waals surface area contributed by atoms with Gasteiger partial charge in [0.1, 0.15) is 11.2 Å². The number of hydrogen-bond donors (Lipinski definition) is 0. The van der Waals surface area contributed by atoms with Crippen LogP contribution in [0.1, 0.15) is 43.6 Å². The molecule has 264 valence electrons. The van der Waals surface area contributed by atoms with Crippen LogP contribution in [0, 0.1) is 0 Å². The number of furan rings is 1. The number of rotatable bonds is 6. The summed E-state index contributed by atoms with van der Waals surface area (Å²) in [6.45, 7) is 0. The van der Waals surface area contributed by atoms with E-state index < -0.39 is 0 Å². The van der Waals surface area contributed by atoms with Gasteiger partial charge in [-0.25, -0.2) is 0 Å². The van der Waals surface area contributed by atoms with E-state index in [0.29, 0.717) is 5.92 Å². The largest absolute Gasteiger partial charge is 0.456 e. The lowest BCUT2D eigenvalue weighted by atomic mass is 9.80. The number of hydrogen-bond acceptors (Lipinski definition) is 3. The Bertz CT molecular complexity index is 3050. The average molecular weight is 726 g/mol. The summed E-state index contributed by atoms with van der Waals surface area (Å²) in [5.74, 6) is 0.589. The number of benzene rings is 8. The van der Waals surface area contributed by atoms with Gasteiger partial charge in [-0.15, -0.1) is 11.3 Å². The minimum absolute atomic E-state index is 0.589. The van der Waals surface area contributed by atoms with Gasteiger partial charge in [-0.3, -0.25) is 0 Å². The SMILES string of the molecule is c1cc(-c2cccc3c2sc2ccccc23)cc(N(c2ccc3c(c2)oc2ccccc23)c2ccccc2-c2cccc3cccc(C4CCCCC4)c23)c1. The fraction of sp³-hybridized carbons (Fsp3) is 0.115. The van der Waals surface area contributed by atoms with Crippen molar-refractivity contribution in [3.8, 4) is 22.3 Å². The van der Waals surface area contributed by atoms with Gasteiger partial charge in [-0.1, -0.05) is 141 Å². The first-order chi connectivity index (χ1) is 27.3. The Morgan fingerprint density at radius 1 is 0.491 bits per heavy atom. The summed E-state index contributed by atoms with van der Waals surface area (Å²) in [7, 11) is 0. The molecular formula is C52H39NOS. The van der Waals surface area contributed by atoms with Gasteiger partial charge in [0.2, 0.25) is 0 Å². The van der Waals surface area contributed by atoms with E-state index in [1.807, 2.05) is 17.4 Å². The van der Waals surface area contributed by atoms with Crippen molar-refractivity contribution < 1.29 is 4.42 Å². The Balaban J connectivity index is 1.14. The Morgan fingerprint density at radius 3 is 2.11 bits per heavy atom. The highest BCUT2D eigenvalue weighted by atomic mass is 32.1. The smallest absolute Gasteiger partial charge is 0.137 e. The molecule has 0 spiro atoms. The lowest BCUT2D eigenvalue weighted by Crippen LogP contribution is -2.11. The molecule has 55 heavy (non-hydrogen) atoms. The molecule has 0 unspecified atom stereocenters. The zero-order valence-corrected chi connectivity index (χ0v) is 31.4. The van der Waals surface area contributed by atoms with Crippen molar-refractivity contribution in [3.63, 3.8) is 0 Å². The summed E-state index contributed by atoms with van der Waals surface area (Å²) in [6.07, 6.45) is 6.49. The maximum atomic E-state index is 6.52. The maximum Gasteiger partial charge on any atom is 0.137 e. The molecule has 10 aromatic rings. The van der Waals surface area contributed by atoms with Crippen molar-refractivity contribution in [2.45, 2.75) is 38.0 Å². The van der Waals surface area contributed by atoms with E-state index in [2.05, 4.69) is 169 Å². The van der Waals surface area contributed by atoms with E-state index in [4.69, 9.17) is 4.42 Å². The van der Waals surface area contributed by atoms with E-state index in [0.717, 1.165) is 39.0 Å². The standard InChI is InChI=1S/C52H39NOS/c1-2-14-34(15-3-1)39-23-11-16-35-17-12-25-45(51(35)39)41-20-4-7-27-47(41)53(38-30-31-43-42-21-5-8-28-48(42)54-49(43)33-38)37-19-10-18-36(32-37)40-24-13-26-46-44-22-6-9-29-50(44)55-52(40)46/h4-13,16-34H,1-3,14-15H2. The fourth-order valence-corrected chi connectivity index (χ4v) is 10.6. The Hall–Kier alpha value is -6.16. The van der Waals surface area contributed by atoms with Crippen molar-refractivity contribution in [2.75, 3.05) is 4.90 Å². The molecule has 11 rings (SSSR count). The molecule has 8 aromatic carbocycles. The second kappa shape index (κ2) is 13.3. The fourth-order valence-electron chi connectivity index (χ4n) is 9.31. The molecule has 1 aliphatic rings. The van der Waals surface area contributed by atoms with Crippen molar-refractivity contribution in [1.82, 2.24) is 0 Å². The van der Waals surface area contributed by atoms with Crippen LogP contribution in [0.2, 0.25) is 0 Å². The molecule has 0 N–H and O–H groups in total. The molecule has 0 saturated heterocycles. The van der Waals surface area contributed by atoms with Crippen molar-refractivity contribution >= 4 is 81.3 Å². The highest BCUT2D eigenvalue weighted by Crippen LogP contribution is 2.48. The third-order valence-electron chi connectivity index (χ3n) is 11.9. The zero-order valence-electron chi connectivity index (χ0n) is 30.5. The molecule has 1 saturated carbocycles. The van der Waals surface area contributed by atoms with Gasteiger partial charge in [-0.05, 0) is 94.3 Å². The van der Waals surface area contributed by atoms with Crippen LogP contribution in [0.25, 0.3) is 75.1 Å². The Kier molecular flexibility index (Phi) is 7.81. The van der Waals surface area contributed by atoms with Crippen molar-refractivity contribution in [2.24, 2.45) is 0 Å². The second-order valence-corrected chi connectivity index (χ2v) is 16.1. The molecule has 2 aromatic heterocycles. The first-order valence-corrected chi connectivity index (χ1v) is 20.4. The summed E-state index contributed by atoms with van der Waals surface area (Å²) in [5, 5.41) is 7.60. The monoisotopic (exact) mass is 725 g/mol. The molecule has 2 heterocycles. The molecule has 0 amide bonds. The van der Waals surface area contributed by atoms with E-state index in [-0.39, 0.29) is 0 Å². The number of thiophene rings is 1. The normalized spacial score (nSPS) is 13.7. The lowest BCUT2D eigenvalue weighted by Gasteiger charge is -2.29. The molecule has 0 atom stereocenters. The number of fused-ring (bicyclic) bond motifs is 7. The lowest BCUT2D eigenvalue weighted by molar-refractivity contribution is 0.445. The summed E-state index contributed by atoms with van der Waals surface area (Å²) < 4.78 is 9.15. The molecule has 3 heteroatoms. The van der Waals surface area contributed by atoms with Crippen LogP contribution >= 0.6 is 11.3 Å². The molecular weight excluding hydrogens is 687 g/mol. The van der Waals surface area contributed by atoms with Gasteiger partial charge in [0.15, 0.2) is 0 Å². The minimum atomic E-state index is 0.589. The number of anilines is 3. The minimum Gasteiger partial charge on any atom is -0.456 e. The van der Waals surface area contributed by atoms with Gasteiger partial charge in [0.25, 0.3) is 0 Å². The predicted molar refractivity (Wildman–Crippen MR) is 235 cm³/mol. The van der Waals surface area contributed by atoms with Crippen LogP contribution in [0.5, 0.6) is 0 Å². The first kappa shape index (κ1) is 32.3. The van der Waals surface area contributed by atoms with E-state index in [1.54, 1.807) is 0 Å². The highest BCUT2D eigenvalue weighted by molar-refractivity contribution is 7.26. The molecule has 1 fully saturated rings. The topological polar surface area (TPSA) is 16.4 Å². The van der Waals surface area contributed by atoms with Crippen LogP contribution in [0.3, 0.4) is 0 Å². The van der Waals surface area contributed by atoms with Crippen LogP contribution in [-0.4, -0.2) is 0 Å². The Labute approximate surface area is 324 Å². The van der Waals surface area contributed by atoms with Gasteiger partial charge in [0, 0.05) is 53.9 Å². The Morgan fingerprint density at radius 2 is 1.18 bits per heavy atom. The zero-order chi connectivity index (χ0) is 36.3. The van der Waals surface area contributed by atoms with Crippen LogP contribution < -0.4 is 4.90 Å². The van der Waals surface area contributed by atoms with Gasteiger partial charge < -0.3 is 9.32 Å². The third-order valence-corrected chi connectivity index (χ3v) is 13.1. The second-order valence-electron chi connectivity index (χ2n) is 15.0. The summed E-state index contributed by atoms with van der Waals surface area (Å²) in [4.78, 5) is 2.44. The summed E-state index contributed by atoms with van der Waals surface area (Å²) in [5.41, 5.74) is 11.6.